The molecule has 1 amide bonds. The summed E-state index contributed by atoms with van der Waals surface area (Å²) in [5.41, 5.74) is -3.14. The van der Waals surface area contributed by atoms with Gasteiger partial charge in [0.15, 0.2) is 15.9 Å². The molecule has 0 bridgehead atoms. The van der Waals surface area contributed by atoms with Crippen LogP contribution in [0.15, 0.2) is 23.1 Å². The number of nitrogens with one attached hydrogen (secondary N) is 1. The van der Waals surface area contributed by atoms with E-state index in [1.54, 1.807) is 0 Å². The predicted molar refractivity (Wildman–Crippen MR) is 122 cm³/mol. The van der Waals surface area contributed by atoms with Gasteiger partial charge in [0, 0.05) is 19.2 Å². The Kier molecular flexibility index (Phi) is 7.15. The molecule has 3 fully saturated rings. The number of benzene rings is 1. The van der Waals surface area contributed by atoms with Gasteiger partial charge in [0.1, 0.15) is 11.3 Å². The lowest BCUT2D eigenvalue weighted by molar-refractivity contribution is -0.192. The van der Waals surface area contributed by atoms with E-state index in [0.717, 1.165) is 25.1 Å². The molecule has 0 aromatic heterocycles. The van der Waals surface area contributed by atoms with E-state index in [2.05, 4.69) is 5.32 Å². The van der Waals surface area contributed by atoms with Crippen molar-refractivity contribution in [1.82, 2.24) is 10.2 Å². The minimum atomic E-state index is -4.67. The van der Waals surface area contributed by atoms with Crippen molar-refractivity contribution in [2.75, 3.05) is 13.1 Å². The molecule has 1 aromatic carbocycles. The molecule has 2 aliphatic carbocycles. The fourth-order valence-corrected chi connectivity index (χ4v) is 6.81. The molecule has 1 heterocycles. The van der Waals surface area contributed by atoms with Crippen molar-refractivity contribution in [2.24, 2.45) is 5.41 Å². The summed E-state index contributed by atoms with van der Waals surface area (Å²) in [4.78, 5) is 13.8. The van der Waals surface area contributed by atoms with E-state index < -0.39 is 79.5 Å². The number of hydrogen-bond acceptors (Lipinski definition) is 6. The molecule has 15 heteroatoms. The Hall–Kier alpha value is -2.24. The van der Waals surface area contributed by atoms with E-state index in [1.165, 1.54) is 4.90 Å². The normalized spacial score (nSPS) is 25.3. The van der Waals surface area contributed by atoms with Crippen LogP contribution in [0.2, 0.25) is 5.02 Å². The molecule has 3 atom stereocenters. The van der Waals surface area contributed by atoms with Gasteiger partial charge in [-0.3, -0.25) is 9.69 Å². The maximum Gasteiger partial charge on any atom is 0.425 e. The number of alkyl halides is 6. The molecule has 38 heavy (non-hydrogen) atoms. The van der Waals surface area contributed by atoms with Crippen molar-refractivity contribution in [2.45, 2.75) is 79.2 Å². The van der Waals surface area contributed by atoms with Gasteiger partial charge in [0.05, 0.1) is 32.7 Å². The molecule has 4 rings (SSSR count). The molecule has 3 unspecified atom stereocenters. The van der Waals surface area contributed by atoms with Gasteiger partial charge in [0.25, 0.3) is 0 Å². The van der Waals surface area contributed by atoms with Crippen LogP contribution < -0.4 is 10.1 Å². The monoisotopic (exact) mass is 587 g/mol. The average Bonchev–Trinajstić information content (AvgIpc) is 3.70. The summed E-state index contributed by atoms with van der Waals surface area (Å²) in [5, 5.41) is 10.1. The molecule has 1 aromatic rings. The molecule has 0 radical (unpaired) electrons. The Bertz CT molecular complexity index is 1260. The summed E-state index contributed by atoms with van der Waals surface area (Å²) in [6.45, 7) is -0.198. The van der Waals surface area contributed by atoms with Gasteiger partial charge >= 0.3 is 12.4 Å². The van der Waals surface area contributed by atoms with E-state index in [0.29, 0.717) is 12.8 Å². The van der Waals surface area contributed by atoms with Crippen LogP contribution in [0.4, 0.5) is 26.3 Å². The fraction of sp³-hybridized carbons (Fsp3) is 0.652. The Morgan fingerprint density at radius 2 is 1.87 bits per heavy atom. The highest BCUT2D eigenvalue weighted by molar-refractivity contribution is 7.92. The van der Waals surface area contributed by atoms with Gasteiger partial charge in [-0.1, -0.05) is 11.6 Å². The molecule has 1 saturated heterocycles. The summed E-state index contributed by atoms with van der Waals surface area (Å²) in [6.07, 6.45) is -11.3. The lowest BCUT2D eigenvalue weighted by atomic mass is 10.1. The second-order valence-electron chi connectivity index (χ2n) is 10.2. The van der Waals surface area contributed by atoms with E-state index >= 15 is 0 Å². The summed E-state index contributed by atoms with van der Waals surface area (Å²) in [6, 6.07) is 3.63. The average molecular weight is 588 g/mol. The summed E-state index contributed by atoms with van der Waals surface area (Å²) in [5.74, 6) is -1.05. The van der Waals surface area contributed by atoms with E-state index in [-0.39, 0.29) is 25.0 Å². The third-order valence-corrected chi connectivity index (χ3v) is 9.99. The topological polar surface area (TPSA) is 99.5 Å². The molecule has 0 spiro atoms. The molecule has 2 saturated carbocycles. The first-order valence-electron chi connectivity index (χ1n) is 11.7. The number of likely N-dealkylation sites (tertiary alicyclic amines) is 1. The van der Waals surface area contributed by atoms with Gasteiger partial charge in [-0.25, -0.2) is 8.42 Å². The molecule has 7 nitrogen and oxygen atoms in total. The number of halogens is 7. The van der Waals surface area contributed by atoms with Crippen molar-refractivity contribution >= 4 is 27.3 Å². The Labute approximate surface area is 220 Å². The minimum Gasteiger partial charge on any atom is -0.481 e. The van der Waals surface area contributed by atoms with Gasteiger partial charge in [0.2, 0.25) is 5.91 Å². The Balaban J connectivity index is 1.58. The summed E-state index contributed by atoms with van der Waals surface area (Å²) < 4.78 is 111. The quantitative estimate of drug-likeness (QED) is 0.453. The van der Waals surface area contributed by atoms with Crippen molar-refractivity contribution in [3.63, 3.8) is 0 Å². The number of carbonyl (C=O) groups is 1. The van der Waals surface area contributed by atoms with Gasteiger partial charge in [-0.2, -0.15) is 31.6 Å². The van der Waals surface area contributed by atoms with Crippen LogP contribution in [0.25, 0.3) is 0 Å². The highest BCUT2D eigenvalue weighted by atomic mass is 35.5. The molecular weight excluding hydrogens is 564 g/mol. The lowest BCUT2D eigenvalue weighted by Gasteiger charge is -2.30. The summed E-state index contributed by atoms with van der Waals surface area (Å²) >= 11 is 6.10. The Morgan fingerprint density at radius 3 is 2.34 bits per heavy atom. The maximum absolute atomic E-state index is 13.7. The van der Waals surface area contributed by atoms with Crippen LogP contribution in [0.5, 0.6) is 5.75 Å². The number of nitriles is 1. The number of carbonyl (C=O) groups excluding carboxylic acids is 1. The first-order chi connectivity index (χ1) is 17.4. The zero-order valence-electron chi connectivity index (χ0n) is 20.0. The van der Waals surface area contributed by atoms with E-state index in [9.17, 15) is 44.8 Å². The predicted octanol–water partition coefficient (Wildman–Crippen LogP) is 4.40. The molecular formula is C23H24ClF6N3O4S. The zero-order chi connectivity index (χ0) is 28.3. The third kappa shape index (κ3) is 5.56. The van der Waals surface area contributed by atoms with Crippen LogP contribution in [0.3, 0.4) is 0 Å². The maximum atomic E-state index is 13.7. The van der Waals surface area contributed by atoms with Crippen molar-refractivity contribution in [3.8, 4) is 11.8 Å². The number of ether oxygens (including phenoxy) is 1. The van der Waals surface area contributed by atoms with Gasteiger partial charge < -0.3 is 10.1 Å². The molecule has 1 N–H and O–H groups in total. The van der Waals surface area contributed by atoms with Crippen molar-refractivity contribution in [1.29, 1.82) is 5.26 Å². The van der Waals surface area contributed by atoms with E-state index in [1.807, 2.05) is 6.07 Å². The van der Waals surface area contributed by atoms with Crippen LogP contribution in [-0.4, -0.2) is 67.6 Å². The van der Waals surface area contributed by atoms with Crippen LogP contribution in [-0.2, 0) is 14.6 Å². The van der Waals surface area contributed by atoms with Crippen molar-refractivity contribution < 1.29 is 44.3 Å². The van der Waals surface area contributed by atoms with E-state index in [4.69, 9.17) is 16.3 Å². The number of amides is 1. The number of hydrogen-bond donors (Lipinski definition) is 1. The first kappa shape index (κ1) is 28.8. The van der Waals surface area contributed by atoms with Gasteiger partial charge in [-0.05, 0) is 51.2 Å². The third-order valence-electron chi connectivity index (χ3n) is 7.38. The molecule has 210 valence electrons. The van der Waals surface area contributed by atoms with Crippen LogP contribution >= 0.6 is 11.6 Å². The van der Waals surface area contributed by atoms with Gasteiger partial charge in [-0.15, -0.1) is 0 Å². The second kappa shape index (κ2) is 9.45. The lowest BCUT2D eigenvalue weighted by Crippen LogP contribution is -2.50. The zero-order valence-corrected chi connectivity index (χ0v) is 21.6. The second-order valence-corrected chi connectivity index (χ2v) is 12.8. The molecule has 1 aliphatic heterocycles. The highest BCUT2D eigenvalue weighted by Gasteiger charge is 2.65. The number of sulfone groups is 1. The van der Waals surface area contributed by atoms with Crippen LogP contribution in [0.1, 0.15) is 39.0 Å². The minimum absolute atomic E-state index is 0.148. The fourth-order valence-electron chi connectivity index (χ4n) is 4.55. The Morgan fingerprint density at radius 1 is 1.24 bits per heavy atom. The standard InChI is InChI=1S/C23H24ClF6N3O4S/c1-13(22(25,26)27)37-14-2-3-18(16(24)8-14)38(35,36)15-9-17(19(34)32-21(11-31)6-7-21)33(10-15)12-20(4-5-20)23(28,29)30/h2-3,8,13,15,17H,4-7,9-10,12H2,1H3,(H,32,34). The SMILES string of the molecule is CC(Oc1ccc(S(=O)(=O)C2CC(C(=O)NC3(C#N)CC3)N(CC3(C(F)(F)F)CC3)C2)c(Cl)c1)C(F)(F)F. The van der Waals surface area contributed by atoms with Crippen LogP contribution in [0, 0.1) is 16.7 Å². The molecule has 3 aliphatic rings. The largest absolute Gasteiger partial charge is 0.481 e. The first-order valence-corrected chi connectivity index (χ1v) is 13.7. The highest BCUT2D eigenvalue weighted by Crippen LogP contribution is 2.58. The smallest absolute Gasteiger partial charge is 0.425 e. The number of nitrogens with zero attached hydrogens (tertiary/aromatic N) is 2. The van der Waals surface area contributed by atoms with Crippen molar-refractivity contribution in [3.05, 3.63) is 23.2 Å². The number of rotatable bonds is 8. The summed E-state index contributed by atoms with van der Waals surface area (Å²) in [7, 11) is -4.32.